The lowest BCUT2D eigenvalue weighted by Crippen LogP contribution is -2.41. The van der Waals surface area contributed by atoms with Crippen LogP contribution < -0.4 is 10.1 Å². The molecule has 1 aromatic carbocycles. The van der Waals surface area contributed by atoms with E-state index in [2.05, 4.69) is 5.32 Å². The maximum absolute atomic E-state index is 12.6. The largest absolute Gasteiger partial charge is 0.481 e. The average molecular weight is 339 g/mol. The van der Waals surface area contributed by atoms with Gasteiger partial charge in [-0.25, -0.2) is 0 Å². The molecule has 5 heteroatoms. The molecular formula is C18H27ClN2O2. The van der Waals surface area contributed by atoms with Crippen LogP contribution >= 0.6 is 12.4 Å². The third kappa shape index (κ3) is 4.39. The molecule has 1 amide bonds. The highest BCUT2D eigenvalue weighted by molar-refractivity contribution is 5.85. The zero-order chi connectivity index (χ0) is 15.5. The number of halogens is 1. The summed E-state index contributed by atoms with van der Waals surface area (Å²) in [5.41, 5.74) is 1.19. The molecule has 2 fully saturated rings. The first-order chi connectivity index (χ1) is 10.6. The summed E-state index contributed by atoms with van der Waals surface area (Å²) < 4.78 is 5.82. The van der Waals surface area contributed by atoms with Crippen molar-refractivity contribution in [2.24, 2.45) is 11.8 Å². The van der Waals surface area contributed by atoms with Gasteiger partial charge in [-0.15, -0.1) is 12.4 Å². The second-order valence-electron chi connectivity index (χ2n) is 6.65. The van der Waals surface area contributed by atoms with Crippen LogP contribution in [-0.4, -0.2) is 43.1 Å². The minimum atomic E-state index is -0.418. The first kappa shape index (κ1) is 18.1. The summed E-state index contributed by atoms with van der Waals surface area (Å²) in [4.78, 5) is 14.6. The molecule has 3 rings (SSSR count). The predicted molar refractivity (Wildman–Crippen MR) is 94.2 cm³/mol. The lowest BCUT2D eigenvalue weighted by Gasteiger charge is -2.25. The van der Waals surface area contributed by atoms with E-state index < -0.39 is 6.10 Å². The van der Waals surface area contributed by atoms with Gasteiger partial charge in [0, 0.05) is 13.1 Å². The van der Waals surface area contributed by atoms with Gasteiger partial charge >= 0.3 is 0 Å². The van der Waals surface area contributed by atoms with E-state index in [1.165, 1.54) is 5.56 Å². The highest BCUT2D eigenvalue weighted by Gasteiger charge is 2.32. The van der Waals surface area contributed by atoms with E-state index in [1.807, 2.05) is 43.0 Å². The Balaban J connectivity index is 0.00000192. The lowest BCUT2D eigenvalue weighted by molar-refractivity contribution is -0.137. The van der Waals surface area contributed by atoms with Crippen molar-refractivity contribution in [1.82, 2.24) is 10.2 Å². The van der Waals surface area contributed by atoms with Crippen LogP contribution in [0.15, 0.2) is 24.3 Å². The van der Waals surface area contributed by atoms with Gasteiger partial charge in [0.25, 0.3) is 5.91 Å². The Labute approximate surface area is 145 Å². The van der Waals surface area contributed by atoms with E-state index in [-0.39, 0.29) is 18.3 Å². The third-order valence-electron chi connectivity index (χ3n) is 5.01. The van der Waals surface area contributed by atoms with Crippen molar-refractivity contribution in [3.63, 3.8) is 0 Å². The molecule has 1 unspecified atom stereocenters. The molecular weight excluding hydrogens is 312 g/mol. The fourth-order valence-corrected chi connectivity index (χ4v) is 3.57. The van der Waals surface area contributed by atoms with Gasteiger partial charge in [-0.2, -0.15) is 0 Å². The highest BCUT2D eigenvalue weighted by atomic mass is 35.5. The molecule has 2 aliphatic heterocycles. The molecule has 0 aromatic heterocycles. The monoisotopic (exact) mass is 338 g/mol. The Hall–Kier alpha value is -1.26. The Bertz CT molecular complexity index is 506. The second kappa shape index (κ2) is 8.02. The maximum Gasteiger partial charge on any atom is 0.263 e. The van der Waals surface area contributed by atoms with Crippen molar-refractivity contribution in [2.45, 2.75) is 32.8 Å². The van der Waals surface area contributed by atoms with Crippen LogP contribution in [-0.2, 0) is 4.79 Å². The van der Waals surface area contributed by atoms with E-state index in [4.69, 9.17) is 4.74 Å². The van der Waals surface area contributed by atoms with Gasteiger partial charge in [0.05, 0.1) is 0 Å². The topological polar surface area (TPSA) is 41.6 Å². The van der Waals surface area contributed by atoms with Gasteiger partial charge in [-0.3, -0.25) is 4.79 Å². The van der Waals surface area contributed by atoms with Crippen LogP contribution in [0.2, 0.25) is 0 Å². The van der Waals surface area contributed by atoms with E-state index in [0.717, 1.165) is 56.6 Å². The van der Waals surface area contributed by atoms with Gasteiger partial charge in [-0.05, 0) is 63.7 Å². The SMILES string of the molecule is Cc1ccc(OC(C)C(=O)N2CC[C@@H]3CNC[C@@H]3CC2)cc1.Cl. The second-order valence-corrected chi connectivity index (χ2v) is 6.65. The summed E-state index contributed by atoms with van der Waals surface area (Å²) in [5, 5.41) is 3.47. The number of likely N-dealkylation sites (tertiary alicyclic amines) is 1. The van der Waals surface area contributed by atoms with Crippen LogP contribution in [0.3, 0.4) is 0 Å². The van der Waals surface area contributed by atoms with Gasteiger partial charge in [0.2, 0.25) is 0 Å². The standard InChI is InChI=1S/C18H26N2O2.ClH/c1-13-3-5-17(6-4-13)22-14(2)18(21)20-9-7-15-11-19-12-16(15)8-10-20;/h3-6,14-16,19H,7-12H2,1-2H3;1H/t14?,15-,16+;. The summed E-state index contributed by atoms with van der Waals surface area (Å²) in [5.74, 6) is 2.37. The number of fused-ring (bicyclic) bond motifs is 1. The normalized spacial score (nSPS) is 25.0. The number of ether oxygens (including phenoxy) is 1. The van der Waals surface area contributed by atoms with Gasteiger partial charge in [0.1, 0.15) is 5.75 Å². The molecule has 2 aliphatic rings. The van der Waals surface area contributed by atoms with E-state index >= 15 is 0 Å². The number of nitrogens with one attached hydrogen (secondary N) is 1. The Morgan fingerprint density at radius 1 is 1.17 bits per heavy atom. The Morgan fingerprint density at radius 2 is 1.74 bits per heavy atom. The Morgan fingerprint density at radius 3 is 2.30 bits per heavy atom. The highest BCUT2D eigenvalue weighted by Crippen LogP contribution is 2.27. The minimum Gasteiger partial charge on any atom is -0.481 e. The van der Waals surface area contributed by atoms with Crippen molar-refractivity contribution >= 4 is 18.3 Å². The predicted octanol–water partition coefficient (Wildman–Crippen LogP) is 2.64. The number of carbonyl (C=O) groups excluding carboxylic acids is 1. The van der Waals surface area contributed by atoms with E-state index in [9.17, 15) is 4.79 Å². The number of hydrogen-bond acceptors (Lipinski definition) is 3. The summed E-state index contributed by atoms with van der Waals surface area (Å²) in [7, 11) is 0. The zero-order valence-electron chi connectivity index (χ0n) is 14.0. The van der Waals surface area contributed by atoms with Crippen molar-refractivity contribution in [3.8, 4) is 5.75 Å². The number of amides is 1. The number of nitrogens with zero attached hydrogens (tertiary/aromatic N) is 1. The van der Waals surface area contributed by atoms with Crippen molar-refractivity contribution in [1.29, 1.82) is 0 Å². The quantitative estimate of drug-likeness (QED) is 0.921. The molecule has 2 saturated heterocycles. The zero-order valence-corrected chi connectivity index (χ0v) is 14.8. The van der Waals surface area contributed by atoms with Crippen molar-refractivity contribution in [3.05, 3.63) is 29.8 Å². The van der Waals surface area contributed by atoms with Gasteiger partial charge < -0.3 is 15.0 Å². The van der Waals surface area contributed by atoms with Crippen molar-refractivity contribution in [2.75, 3.05) is 26.2 Å². The first-order valence-electron chi connectivity index (χ1n) is 8.36. The van der Waals surface area contributed by atoms with Crippen LogP contribution in [0, 0.1) is 18.8 Å². The Kier molecular flexibility index (Phi) is 6.31. The van der Waals surface area contributed by atoms with Gasteiger partial charge in [-0.1, -0.05) is 17.7 Å². The molecule has 0 aliphatic carbocycles. The van der Waals surface area contributed by atoms with E-state index in [0.29, 0.717) is 0 Å². The number of carbonyl (C=O) groups is 1. The molecule has 1 N–H and O–H groups in total. The minimum absolute atomic E-state index is 0. The molecule has 128 valence electrons. The maximum atomic E-state index is 12.6. The number of aryl methyl sites for hydroxylation is 1. The molecule has 1 aromatic rings. The molecule has 23 heavy (non-hydrogen) atoms. The fraction of sp³-hybridized carbons (Fsp3) is 0.611. The lowest BCUT2D eigenvalue weighted by atomic mass is 9.92. The third-order valence-corrected chi connectivity index (χ3v) is 5.01. The number of hydrogen-bond donors (Lipinski definition) is 1. The van der Waals surface area contributed by atoms with Crippen LogP contribution in [0.5, 0.6) is 5.75 Å². The molecule has 3 atom stereocenters. The number of rotatable bonds is 3. The molecule has 0 bridgehead atoms. The summed E-state index contributed by atoms with van der Waals surface area (Å²) in [6.45, 7) is 7.85. The van der Waals surface area contributed by atoms with Gasteiger partial charge in [0.15, 0.2) is 6.10 Å². The average Bonchev–Trinajstić information content (AvgIpc) is 2.87. The molecule has 2 heterocycles. The summed E-state index contributed by atoms with van der Waals surface area (Å²) in [6, 6.07) is 7.87. The number of benzene rings is 1. The molecule has 0 saturated carbocycles. The molecule has 0 spiro atoms. The molecule has 0 radical (unpaired) electrons. The first-order valence-corrected chi connectivity index (χ1v) is 8.36. The summed E-state index contributed by atoms with van der Waals surface area (Å²) in [6.07, 6.45) is 1.81. The van der Waals surface area contributed by atoms with Crippen LogP contribution in [0.4, 0.5) is 0 Å². The van der Waals surface area contributed by atoms with Crippen molar-refractivity contribution < 1.29 is 9.53 Å². The smallest absolute Gasteiger partial charge is 0.263 e. The molecule has 4 nitrogen and oxygen atoms in total. The van der Waals surface area contributed by atoms with E-state index in [1.54, 1.807) is 0 Å². The van der Waals surface area contributed by atoms with Crippen LogP contribution in [0.25, 0.3) is 0 Å². The summed E-state index contributed by atoms with van der Waals surface area (Å²) >= 11 is 0. The fourth-order valence-electron chi connectivity index (χ4n) is 3.57. The van der Waals surface area contributed by atoms with Crippen LogP contribution in [0.1, 0.15) is 25.3 Å².